The quantitative estimate of drug-likeness (QED) is 0.916. The molecule has 0 bridgehead atoms. The zero-order valence-corrected chi connectivity index (χ0v) is 13.1. The number of ether oxygens (including phenoxy) is 2. The summed E-state index contributed by atoms with van der Waals surface area (Å²) in [4.78, 5) is 27.1. The highest BCUT2D eigenvalue weighted by atomic mass is 16.5. The van der Waals surface area contributed by atoms with Crippen LogP contribution >= 0.6 is 0 Å². The first kappa shape index (κ1) is 15.9. The number of urea groups is 1. The van der Waals surface area contributed by atoms with Crippen LogP contribution in [0.3, 0.4) is 0 Å². The first-order valence-electron chi connectivity index (χ1n) is 7.09. The number of carbonyl (C=O) groups excluding carboxylic acids is 2. The van der Waals surface area contributed by atoms with Crippen LogP contribution in [0.15, 0.2) is 18.2 Å². The molecule has 0 atom stereocenters. The minimum Gasteiger partial charge on any atom is -0.494 e. The normalized spacial score (nSPS) is 14.5. The van der Waals surface area contributed by atoms with Gasteiger partial charge in [0.25, 0.3) is 0 Å². The molecule has 22 heavy (non-hydrogen) atoms. The molecule has 1 N–H and O–H groups in total. The van der Waals surface area contributed by atoms with Crippen LogP contribution in [0.5, 0.6) is 11.5 Å². The van der Waals surface area contributed by atoms with Gasteiger partial charge >= 0.3 is 6.03 Å². The number of para-hydroxylation sites is 1. The van der Waals surface area contributed by atoms with Crippen LogP contribution < -0.4 is 14.8 Å². The molecule has 1 heterocycles. The van der Waals surface area contributed by atoms with Gasteiger partial charge in [-0.3, -0.25) is 4.79 Å². The Hall–Kier alpha value is -2.44. The number of hydrogen-bond acceptors (Lipinski definition) is 4. The first-order chi connectivity index (χ1) is 10.6. The smallest absolute Gasteiger partial charge is 0.322 e. The van der Waals surface area contributed by atoms with Gasteiger partial charge in [0.05, 0.1) is 14.2 Å². The molecule has 120 valence electrons. The Bertz CT molecular complexity index is 531. The molecule has 1 aromatic carbocycles. The molecule has 0 radical (unpaired) electrons. The van der Waals surface area contributed by atoms with Crippen molar-refractivity contribution in [2.75, 3.05) is 45.7 Å². The molecule has 1 aliphatic heterocycles. The van der Waals surface area contributed by atoms with Crippen LogP contribution in [0.1, 0.15) is 6.92 Å². The predicted molar refractivity (Wildman–Crippen MR) is 82.4 cm³/mol. The molecule has 0 unspecified atom stereocenters. The second kappa shape index (κ2) is 7.02. The summed E-state index contributed by atoms with van der Waals surface area (Å²) < 4.78 is 10.5. The van der Waals surface area contributed by atoms with E-state index < -0.39 is 0 Å². The lowest BCUT2D eigenvalue weighted by Crippen LogP contribution is -2.51. The second-order valence-corrected chi connectivity index (χ2v) is 4.96. The van der Waals surface area contributed by atoms with E-state index in [1.165, 1.54) is 21.1 Å². The van der Waals surface area contributed by atoms with Gasteiger partial charge in [-0.05, 0) is 12.1 Å². The molecule has 7 nitrogen and oxygen atoms in total. The van der Waals surface area contributed by atoms with Crippen LogP contribution in [0, 0.1) is 0 Å². The molecule has 3 amide bonds. The Morgan fingerprint density at radius 2 is 1.50 bits per heavy atom. The molecule has 7 heteroatoms. The number of carbonyl (C=O) groups is 2. The van der Waals surface area contributed by atoms with Crippen molar-refractivity contribution in [3.05, 3.63) is 18.2 Å². The standard InChI is InChI=1S/C15H21N3O4/c1-11(19)17-7-9-18(10-8-17)15(20)16-14-12(21-2)5-4-6-13(14)22-3/h4-6H,7-10H2,1-3H3,(H,16,20). The largest absolute Gasteiger partial charge is 0.494 e. The molecule has 1 fully saturated rings. The average Bonchev–Trinajstić information content (AvgIpc) is 2.55. The Kier molecular flexibility index (Phi) is 5.08. The van der Waals surface area contributed by atoms with Crippen molar-refractivity contribution >= 4 is 17.6 Å². The Morgan fingerprint density at radius 3 is 1.95 bits per heavy atom. The van der Waals surface area contributed by atoms with Crippen molar-refractivity contribution in [2.24, 2.45) is 0 Å². The summed E-state index contributed by atoms with van der Waals surface area (Å²) in [5.74, 6) is 1.11. The number of anilines is 1. The summed E-state index contributed by atoms with van der Waals surface area (Å²) >= 11 is 0. The van der Waals surface area contributed by atoms with Crippen molar-refractivity contribution in [2.45, 2.75) is 6.92 Å². The van der Waals surface area contributed by atoms with Gasteiger partial charge in [0.1, 0.15) is 17.2 Å². The van der Waals surface area contributed by atoms with Crippen LogP contribution in [0.25, 0.3) is 0 Å². The maximum atomic E-state index is 12.4. The summed E-state index contributed by atoms with van der Waals surface area (Å²) in [6.45, 7) is 3.64. The lowest BCUT2D eigenvalue weighted by Gasteiger charge is -2.34. The van der Waals surface area contributed by atoms with E-state index in [4.69, 9.17) is 9.47 Å². The maximum absolute atomic E-state index is 12.4. The van der Waals surface area contributed by atoms with Crippen molar-refractivity contribution in [1.29, 1.82) is 0 Å². The van der Waals surface area contributed by atoms with Gasteiger partial charge in [0, 0.05) is 33.1 Å². The van der Waals surface area contributed by atoms with E-state index in [9.17, 15) is 9.59 Å². The minimum atomic E-state index is -0.231. The molecule has 0 spiro atoms. The molecule has 0 aromatic heterocycles. The first-order valence-corrected chi connectivity index (χ1v) is 7.09. The van der Waals surface area contributed by atoms with E-state index >= 15 is 0 Å². The van der Waals surface area contributed by atoms with E-state index in [1.807, 2.05) is 0 Å². The second-order valence-electron chi connectivity index (χ2n) is 4.96. The van der Waals surface area contributed by atoms with Gasteiger partial charge in [-0.1, -0.05) is 6.07 Å². The fourth-order valence-electron chi connectivity index (χ4n) is 2.38. The molecule has 1 aliphatic rings. The minimum absolute atomic E-state index is 0.0338. The van der Waals surface area contributed by atoms with Gasteiger partial charge in [-0.25, -0.2) is 4.79 Å². The highest BCUT2D eigenvalue weighted by molar-refractivity contribution is 5.93. The zero-order valence-electron chi connectivity index (χ0n) is 13.1. The molecular formula is C15H21N3O4. The lowest BCUT2D eigenvalue weighted by molar-refractivity contribution is -0.130. The number of benzene rings is 1. The Labute approximate surface area is 129 Å². The van der Waals surface area contributed by atoms with E-state index in [0.717, 1.165) is 0 Å². The van der Waals surface area contributed by atoms with E-state index in [0.29, 0.717) is 43.4 Å². The van der Waals surface area contributed by atoms with Crippen molar-refractivity contribution in [3.8, 4) is 11.5 Å². The van der Waals surface area contributed by atoms with Crippen molar-refractivity contribution < 1.29 is 19.1 Å². The van der Waals surface area contributed by atoms with Crippen molar-refractivity contribution in [3.63, 3.8) is 0 Å². The number of hydrogen-bond donors (Lipinski definition) is 1. The van der Waals surface area contributed by atoms with Gasteiger partial charge in [-0.2, -0.15) is 0 Å². The summed E-state index contributed by atoms with van der Waals surface area (Å²) in [7, 11) is 3.08. The molecule has 2 rings (SSSR count). The lowest BCUT2D eigenvalue weighted by atomic mass is 10.2. The van der Waals surface area contributed by atoms with Gasteiger partial charge < -0.3 is 24.6 Å². The number of piperazine rings is 1. The third-order valence-corrected chi connectivity index (χ3v) is 3.67. The fourth-order valence-corrected chi connectivity index (χ4v) is 2.38. The Morgan fingerprint density at radius 1 is 1.00 bits per heavy atom. The third-order valence-electron chi connectivity index (χ3n) is 3.67. The van der Waals surface area contributed by atoms with Gasteiger partial charge in [0.2, 0.25) is 5.91 Å². The molecule has 1 aromatic rings. The van der Waals surface area contributed by atoms with Gasteiger partial charge in [-0.15, -0.1) is 0 Å². The highest BCUT2D eigenvalue weighted by Gasteiger charge is 2.23. The fraction of sp³-hybridized carbons (Fsp3) is 0.467. The Balaban J connectivity index is 2.05. The summed E-state index contributed by atoms with van der Waals surface area (Å²) in [6, 6.07) is 5.07. The molecule has 0 aliphatic carbocycles. The van der Waals surface area contributed by atoms with Crippen molar-refractivity contribution in [1.82, 2.24) is 9.80 Å². The van der Waals surface area contributed by atoms with E-state index in [-0.39, 0.29) is 11.9 Å². The third kappa shape index (κ3) is 3.41. The number of amides is 3. The SMILES string of the molecule is COc1cccc(OC)c1NC(=O)N1CCN(C(C)=O)CC1. The van der Waals surface area contributed by atoms with Gasteiger partial charge in [0.15, 0.2) is 0 Å². The average molecular weight is 307 g/mol. The topological polar surface area (TPSA) is 71.1 Å². The number of nitrogens with zero attached hydrogens (tertiary/aromatic N) is 2. The monoisotopic (exact) mass is 307 g/mol. The van der Waals surface area contributed by atoms with E-state index in [1.54, 1.807) is 28.0 Å². The van der Waals surface area contributed by atoms with Crippen LogP contribution in [0.4, 0.5) is 10.5 Å². The highest BCUT2D eigenvalue weighted by Crippen LogP contribution is 2.34. The number of nitrogens with one attached hydrogen (secondary N) is 1. The molecule has 1 saturated heterocycles. The molecule has 0 saturated carbocycles. The summed E-state index contributed by atoms with van der Waals surface area (Å²) in [5.41, 5.74) is 0.506. The zero-order chi connectivity index (χ0) is 16.1. The molecular weight excluding hydrogens is 286 g/mol. The van der Waals surface area contributed by atoms with Crippen LogP contribution in [0.2, 0.25) is 0 Å². The summed E-state index contributed by atoms with van der Waals surface area (Å²) in [6.07, 6.45) is 0. The maximum Gasteiger partial charge on any atom is 0.322 e. The van der Waals surface area contributed by atoms with Crippen LogP contribution in [-0.2, 0) is 4.79 Å². The summed E-state index contributed by atoms with van der Waals surface area (Å²) in [5, 5.41) is 2.83. The van der Waals surface area contributed by atoms with E-state index in [2.05, 4.69) is 5.32 Å². The number of rotatable bonds is 3. The predicted octanol–water partition coefficient (Wildman–Crippen LogP) is 1.40. The number of methoxy groups -OCH3 is 2. The van der Waals surface area contributed by atoms with Crippen LogP contribution in [-0.4, -0.2) is 62.1 Å².